The molecule has 1 saturated heterocycles. The van der Waals surface area contributed by atoms with Crippen LogP contribution in [0, 0.1) is 0 Å². The highest BCUT2D eigenvalue weighted by atomic mass is 16.2. The predicted octanol–water partition coefficient (Wildman–Crippen LogP) is -1.40. The summed E-state index contributed by atoms with van der Waals surface area (Å²) in [5.41, 5.74) is 4.73. The minimum absolute atomic E-state index is 0.0998. The molecule has 0 bridgehead atoms. The number of imide groups is 1. The molecule has 6 heteroatoms. The molecule has 84 valence electrons. The summed E-state index contributed by atoms with van der Waals surface area (Å²) in [6, 6.07) is 0. The van der Waals surface area contributed by atoms with E-state index >= 15 is 0 Å². The van der Waals surface area contributed by atoms with E-state index in [0.717, 1.165) is 0 Å². The van der Waals surface area contributed by atoms with E-state index in [4.69, 9.17) is 5.73 Å². The molecule has 3 amide bonds. The number of nitrogens with zero attached hydrogens (tertiary/aromatic N) is 1. The lowest BCUT2D eigenvalue weighted by Gasteiger charge is -2.32. The van der Waals surface area contributed by atoms with Crippen LogP contribution in [0.15, 0.2) is 0 Å². The van der Waals surface area contributed by atoms with E-state index in [1.54, 1.807) is 13.8 Å². The number of hydrogen-bond acceptors (Lipinski definition) is 4. The predicted molar refractivity (Wildman–Crippen MR) is 52.6 cm³/mol. The highest BCUT2D eigenvalue weighted by Crippen LogP contribution is 2.10. The van der Waals surface area contributed by atoms with Crippen LogP contribution in [0.25, 0.3) is 0 Å². The van der Waals surface area contributed by atoms with Crippen LogP contribution in [-0.2, 0) is 14.4 Å². The molecule has 0 aromatic rings. The third kappa shape index (κ3) is 2.53. The minimum atomic E-state index is -1.02. The van der Waals surface area contributed by atoms with E-state index < -0.39 is 17.4 Å². The van der Waals surface area contributed by atoms with Gasteiger partial charge in [0.05, 0.1) is 5.54 Å². The van der Waals surface area contributed by atoms with E-state index in [1.165, 1.54) is 4.90 Å². The normalized spacial score (nSPS) is 20.9. The van der Waals surface area contributed by atoms with Gasteiger partial charge in [-0.05, 0) is 13.3 Å². The van der Waals surface area contributed by atoms with Crippen LogP contribution in [0.5, 0.6) is 0 Å². The molecule has 0 spiro atoms. The van der Waals surface area contributed by atoms with Crippen molar-refractivity contribution in [2.75, 3.05) is 13.1 Å². The van der Waals surface area contributed by atoms with E-state index in [-0.39, 0.29) is 19.0 Å². The summed E-state index contributed by atoms with van der Waals surface area (Å²) in [6.07, 6.45) is 0.456. The first-order valence-corrected chi connectivity index (χ1v) is 4.77. The summed E-state index contributed by atoms with van der Waals surface area (Å²) in [5, 5.41) is 2.12. The maximum atomic E-state index is 11.8. The second-order valence-electron chi connectivity index (χ2n) is 3.90. The van der Waals surface area contributed by atoms with Crippen LogP contribution in [0.4, 0.5) is 0 Å². The number of hydrogen-bond donors (Lipinski definition) is 2. The van der Waals surface area contributed by atoms with Gasteiger partial charge in [-0.25, -0.2) is 0 Å². The molecule has 15 heavy (non-hydrogen) atoms. The maximum Gasteiger partial charge on any atom is 0.246 e. The molecule has 0 aliphatic carbocycles. The summed E-state index contributed by atoms with van der Waals surface area (Å²) in [7, 11) is 0. The summed E-state index contributed by atoms with van der Waals surface area (Å²) in [5.74, 6) is -1.30. The molecule has 1 unspecified atom stereocenters. The Morgan fingerprint density at radius 2 is 1.93 bits per heavy atom. The zero-order chi connectivity index (χ0) is 11.6. The molecule has 6 nitrogen and oxygen atoms in total. The average Bonchev–Trinajstić information content (AvgIpc) is 2.15. The highest BCUT2D eigenvalue weighted by molar-refractivity contribution is 6.03. The van der Waals surface area contributed by atoms with Crippen LogP contribution in [0.3, 0.4) is 0 Å². The number of nitrogens with two attached hydrogens (primary N) is 1. The van der Waals surface area contributed by atoms with Crippen LogP contribution in [0.2, 0.25) is 0 Å². The largest absolute Gasteiger partial charge is 0.322 e. The van der Waals surface area contributed by atoms with Crippen molar-refractivity contribution in [2.45, 2.75) is 25.8 Å². The van der Waals surface area contributed by atoms with Gasteiger partial charge < -0.3 is 10.6 Å². The number of amides is 3. The highest BCUT2D eigenvalue weighted by Gasteiger charge is 2.35. The lowest BCUT2D eigenvalue weighted by Crippen LogP contribution is -2.60. The van der Waals surface area contributed by atoms with Crippen LogP contribution in [0.1, 0.15) is 20.3 Å². The van der Waals surface area contributed by atoms with Gasteiger partial charge in [0.15, 0.2) is 0 Å². The third-order valence-corrected chi connectivity index (χ3v) is 2.46. The van der Waals surface area contributed by atoms with Gasteiger partial charge >= 0.3 is 0 Å². The van der Waals surface area contributed by atoms with Crippen LogP contribution in [-0.4, -0.2) is 41.2 Å². The summed E-state index contributed by atoms with van der Waals surface area (Å²) >= 11 is 0. The molecule has 1 heterocycles. The number of rotatable bonds is 2. The van der Waals surface area contributed by atoms with E-state index in [1.807, 2.05) is 0 Å². The van der Waals surface area contributed by atoms with Gasteiger partial charge in [0, 0.05) is 0 Å². The second-order valence-corrected chi connectivity index (χ2v) is 3.90. The van der Waals surface area contributed by atoms with Gasteiger partial charge in [0.2, 0.25) is 17.7 Å². The van der Waals surface area contributed by atoms with E-state index in [9.17, 15) is 14.4 Å². The fourth-order valence-corrected chi connectivity index (χ4v) is 1.29. The Morgan fingerprint density at radius 1 is 1.47 bits per heavy atom. The maximum absolute atomic E-state index is 11.8. The number of carbonyl (C=O) groups is 3. The lowest BCUT2D eigenvalue weighted by molar-refractivity contribution is -0.148. The molecule has 1 fully saturated rings. The van der Waals surface area contributed by atoms with Crippen molar-refractivity contribution in [3.8, 4) is 0 Å². The van der Waals surface area contributed by atoms with Gasteiger partial charge in [0.25, 0.3) is 0 Å². The molecule has 1 rings (SSSR count). The number of carbonyl (C=O) groups excluding carboxylic acids is 3. The Kier molecular flexibility index (Phi) is 3.09. The van der Waals surface area contributed by atoms with Crippen molar-refractivity contribution in [1.82, 2.24) is 10.2 Å². The Morgan fingerprint density at radius 3 is 2.33 bits per heavy atom. The van der Waals surface area contributed by atoms with Crippen molar-refractivity contribution in [2.24, 2.45) is 5.73 Å². The first-order valence-electron chi connectivity index (χ1n) is 4.77. The lowest BCUT2D eigenvalue weighted by atomic mass is 9.98. The molecular formula is C9H15N3O3. The molecular weight excluding hydrogens is 198 g/mol. The smallest absolute Gasteiger partial charge is 0.246 e. The zero-order valence-corrected chi connectivity index (χ0v) is 8.87. The molecule has 1 aliphatic heterocycles. The number of piperazine rings is 1. The van der Waals surface area contributed by atoms with Crippen LogP contribution >= 0.6 is 0 Å². The van der Waals surface area contributed by atoms with E-state index in [2.05, 4.69) is 5.32 Å². The summed E-state index contributed by atoms with van der Waals surface area (Å²) in [6.45, 7) is 3.17. The monoisotopic (exact) mass is 213 g/mol. The van der Waals surface area contributed by atoms with Crippen molar-refractivity contribution < 1.29 is 14.4 Å². The van der Waals surface area contributed by atoms with Gasteiger partial charge in [-0.1, -0.05) is 6.92 Å². The Balaban J connectivity index is 2.76. The van der Waals surface area contributed by atoms with Gasteiger partial charge in [-0.3, -0.25) is 19.7 Å². The molecule has 0 aromatic heterocycles. The van der Waals surface area contributed by atoms with Gasteiger partial charge in [-0.15, -0.1) is 0 Å². The Bertz CT molecular complexity index is 296. The molecule has 0 radical (unpaired) electrons. The third-order valence-electron chi connectivity index (χ3n) is 2.46. The topological polar surface area (TPSA) is 92.5 Å². The first-order chi connectivity index (χ1) is 6.86. The fourth-order valence-electron chi connectivity index (χ4n) is 1.29. The molecule has 0 saturated carbocycles. The quantitative estimate of drug-likeness (QED) is 0.552. The number of nitrogens with one attached hydrogen (secondary N) is 1. The second kappa shape index (κ2) is 3.98. The first kappa shape index (κ1) is 11.6. The standard InChI is InChI=1S/C9H15N3O3/c1-3-9(2,10)8(15)12-4-6(13)11-7(14)5-12/h3-5,10H2,1-2H3,(H,11,13,14). The minimum Gasteiger partial charge on any atom is -0.322 e. The van der Waals surface area contributed by atoms with Crippen molar-refractivity contribution in [3.05, 3.63) is 0 Å². The molecule has 1 atom stereocenters. The average molecular weight is 213 g/mol. The van der Waals surface area contributed by atoms with Crippen molar-refractivity contribution in [3.63, 3.8) is 0 Å². The summed E-state index contributed by atoms with van der Waals surface area (Å²) < 4.78 is 0. The molecule has 3 N–H and O–H groups in total. The fraction of sp³-hybridized carbons (Fsp3) is 0.667. The van der Waals surface area contributed by atoms with Crippen molar-refractivity contribution in [1.29, 1.82) is 0 Å². The van der Waals surface area contributed by atoms with Gasteiger partial charge in [-0.2, -0.15) is 0 Å². The van der Waals surface area contributed by atoms with Crippen LogP contribution < -0.4 is 11.1 Å². The van der Waals surface area contributed by atoms with E-state index in [0.29, 0.717) is 6.42 Å². The Hall–Kier alpha value is -1.43. The van der Waals surface area contributed by atoms with Gasteiger partial charge in [0.1, 0.15) is 13.1 Å². The zero-order valence-electron chi connectivity index (χ0n) is 8.87. The van der Waals surface area contributed by atoms with Crippen molar-refractivity contribution >= 4 is 17.7 Å². The molecule has 1 aliphatic rings. The Labute approximate surface area is 87.8 Å². The SMILES string of the molecule is CCC(C)(N)C(=O)N1CC(=O)NC(=O)C1. The summed E-state index contributed by atoms with van der Waals surface area (Å²) in [4.78, 5) is 35.1. The molecule has 0 aromatic carbocycles.